The normalized spacial score (nSPS) is 16.3. The van der Waals surface area contributed by atoms with Crippen molar-refractivity contribution >= 4 is 39.3 Å². The highest BCUT2D eigenvalue weighted by atomic mass is 79.9. The van der Waals surface area contributed by atoms with E-state index < -0.39 is 0 Å². The Kier molecular flexibility index (Phi) is 3.81. The lowest BCUT2D eigenvalue weighted by molar-refractivity contribution is -0.114. The van der Waals surface area contributed by atoms with Crippen LogP contribution in [-0.4, -0.2) is 16.7 Å². The van der Waals surface area contributed by atoms with Crippen LogP contribution in [0.1, 0.15) is 12.5 Å². The molecule has 0 atom stereocenters. The van der Waals surface area contributed by atoms with Gasteiger partial charge in [-0.15, -0.1) is 0 Å². The standard InChI is InChI=1S/C17H13BrN2O2/c1-11-14(9-12-7-8-16(21)15(18)10-12)17(22)20(19-11)13-5-3-2-4-6-13/h2-10,21H,1H3. The van der Waals surface area contributed by atoms with E-state index in [0.717, 1.165) is 11.3 Å². The third-order valence-corrected chi connectivity index (χ3v) is 3.98. The van der Waals surface area contributed by atoms with Crippen molar-refractivity contribution in [2.75, 3.05) is 5.01 Å². The van der Waals surface area contributed by atoms with Crippen LogP contribution in [0.5, 0.6) is 5.75 Å². The van der Waals surface area contributed by atoms with Crippen molar-refractivity contribution in [2.45, 2.75) is 6.92 Å². The van der Waals surface area contributed by atoms with Crippen molar-refractivity contribution in [3.8, 4) is 5.75 Å². The predicted molar refractivity (Wildman–Crippen MR) is 90.8 cm³/mol. The van der Waals surface area contributed by atoms with Crippen LogP contribution < -0.4 is 5.01 Å². The molecule has 1 aliphatic heterocycles. The smallest absolute Gasteiger partial charge is 0.280 e. The second-order valence-electron chi connectivity index (χ2n) is 4.91. The number of hydrogen-bond acceptors (Lipinski definition) is 3. The first-order chi connectivity index (χ1) is 10.6. The Labute approximate surface area is 136 Å². The summed E-state index contributed by atoms with van der Waals surface area (Å²) < 4.78 is 0.585. The Bertz CT molecular complexity index is 798. The molecule has 0 aliphatic carbocycles. The van der Waals surface area contributed by atoms with Crippen molar-refractivity contribution in [2.24, 2.45) is 5.10 Å². The highest BCUT2D eigenvalue weighted by Gasteiger charge is 2.28. The number of phenols is 1. The molecule has 1 heterocycles. The largest absolute Gasteiger partial charge is 0.507 e. The van der Waals surface area contributed by atoms with Crippen LogP contribution in [0, 0.1) is 0 Å². The zero-order valence-corrected chi connectivity index (χ0v) is 13.4. The number of carbonyl (C=O) groups is 1. The predicted octanol–water partition coefficient (Wildman–Crippen LogP) is 3.96. The van der Waals surface area contributed by atoms with E-state index in [4.69, 9.17) is 0 Å². The fourth-order valence-electron chi connectivity index (χ4n) is 2.21. The molecule has 3 rings (SSSR count). The average molecular weight is 357 g/mol. The van der Waals surface area contributed by atoms with Crippen LogP contribution in [0.4, 0.5) is 5.69 Å². The molecule has 0 spiro atoms. The number of nitrogens with zero attached hydrogens (tertiary/aromatic N) is 2. The Balaban J connectivity index is 1.96. The minimum absolute atomic E-state index is 0.159. The van der Waals surface area contributed by atoms with E-state index in [1.807, 2.05) is 37.3 Å². The quantitative estimate of drug-likeness (QED) is 0.828. The van der Waals surface area contributed by atoms with E-state index in [9.17, 15) is 9.90 Å². The van der Waals surface area contributed by atoms with E-state index in [0.29, 0.717) is 15.8 Å². The first-order valence-electron chi connectivity index (χ1n) is 6.71. The maximum absolute atomic E-state index is 12.6. The number of rotatable bonds is 2. The Morgan fingerprint density at radius 3 is 2.59 bits per heavy atom. The zero-order chi connectivity index (χ0) is 15.7. The van der Waals surface area contributed by atoms with Crippen LogP contribution in [0.2, 0.25) is 0 Å². The number of halogens is 1. The lowest BCUT2D eigenvalue weighted by Crippen LogP contribution is -2.21. The van der Waals surface area contributed by atoms with Gasteiger partial charge in [0.25, 0.3) is 5.91 Å². The maximum atomic E-state index is 12.6. The first kappa shape index (κ1) is 14.5. The van der Waals surface area contributed by atoms with E-state index in [-0.39, 0.29) is 11.7 Å². The van der Waals surface area contributed by atoms with Crippen molar-refractivity contribution in [1.29, 1.82) is 0 Å². The fraction of sp³-hybridized carbons (Fsp3) is 0.0588. The Hall–Kier alpha value is -2.40. The van der Waals surface area contributed by atoms with Crippen LogP contribution >= 0.6 is 15.9 Å². The molecule has 110 valence electrons. The van der Waals surface area contributed by atoms with Gasteiger partial charge in [-0.25, -0.2) is 0 Å². The fourth-order valence-corrected chi connectivity index (χ4v) is 2.60. The zero-order valence-electron chi connectivity index (χ0n) is 11.8. The molecule has 5 heteroatoms. The molecule has 0 aromatic heterocycles. The number of amides is 1. The van der Waals surface area contributed by atoms with Gasteiger partial charge < -0.3 is 5.11 Å². The molecule has 4 nitrogen and oxygen atoms in total. The van der Waals surface area contributed by atoms with Gasteiger partial charge in [0.2, 0.25) is 0 Å². The number of carbonyl (C=O) groups excluding carboxylic acids is 1. The molecule has 22 heavy (non-hydrogen) atoms. The molecule has 1 amide bonds. The summed E-state index contributed by atoms with van der Waals surface area (Å²) in [5, 5.41) is 15.3. The third kappa shape index (κ3) is 2.67. The summed E-state index contributed by atoms with van der Waals surface area (Å²) in [5.74, 6) is 0.00379. The van der Waals surface area contributed by atoms with E-state index in [1.165, 1.54) is 5.01 Å². The van der Waals surface area contributed by atoms with Gasteiger partial charge in [0, 0.05) is 0 Å². The van der Waals surface area contributed by atoms with Crippen molar-refractivity contribution in [1.82, 2.24) is 0 Å². The van der Waals surface area contributed by atoms with Crippen molar-refractivity contribution in [3.05, 3.63) is 64.1 Å². The number of phenolic OH excluding ortho intramolecular Hbond substituents is 1. The number of hydrogen-bond donors (Lipinski definition) is 1. The molecule has 0 unspecified atom stereocenters. The van der Waals surface area contributed by atoms with Crippen LogP contribution in [-0.2, 0) is 4.79 Å². The van der Waals surface area contributed by atoms with Crippen molar-refractivity contribution < 1.29 is 9.90 Å². The van der Waals surface area contributed by atoms with Gasteiger partial charge in [-0.1, -0.05) is 24.3 Å². The molecular weight excluding hydrogens is 344 g/mol. The number of hydrazone groups is 1. The topological polar surface area (TPSA) is 52.9 Å². The molecular formula is C17H13BrN2O2. The Morgan fingerprint density at radius 2 is 1.91 bits per heavy atom. The summed E-state index contributed by atoms with van der Waals surface area (Å²) >= 11 is 3.27. The summed E-state index contributed by atoms with van der Waals surface area (Å²) in [7, 11) is 0. The van der Waals surface area contributed by atoms with Crippen LogP contribution in [0.25, 0.3) is 6.08 Å². The highest BCUT2D eigenvalue weighted by Crippen LogP contribution is 2.28. The number of aromatic hydroxyl groups is 1. The summed E-state index contributed by atoms with van der Waals surface area (Å²) in [5.41, 5.74) is 2.76. The molecule has 0 bridgehead atoms. The molecule has 0 saturated carbocycles. The number of benzene rings is 2. The molecule has 2 aromatic rings. The number of para-hydroxylation sites is 1. The van der Waals surface area contributed by atoms with E-state index >= 15 is 0 Å². The second kappa shape index (κ2) is 5.77. The monoisotopic (exact) mass is 356 g/mol. The van der Waals surface area contributed by atoms with Crippen LogP contribution in [0.15, 0.2) is 63.7 Å². The summed E-state index contributed by atoms with van der Waals surface area (Å²) in [4.78, 5) is 12.6. The number of anilines is 1. The lowest BCUT2D eigenvalue weighted by atomic mass is 10.1. The van der Waals surface area contributed by atoms with E-state index in [2.05, 4.69) is 21.0 Å². The first-order valence-corrected chi connectivity index (χ1v) is 7.51. The molecule has 0 saturated heterocycles. The minimum atomic E-state index is -0.159. The van der Waals surface area contributed by atoms with Gasteiger partial charge in [-0.2, -0.15) is 10.1 Å². The van der Waals surface area contributed by atoms with Crippen LogP contribution in [0.3, 0.4) is 0 Å². The molecule has 2 aromatic carbocycles. The van der Waals surface area contributed by atoms with Gasteiger partial charge in [0.15, 0.2) is 0 Å². The lowest BCUT2D eigenvalue weighted by Gasteiger charge is -2.11. The highest BCUT2D eigenvalue weighted by molar-refractivity contribution is 9.10. The summed E-state index contributed by atoms with van der Waals surface area (Å²) in [6, 6.07) is 14.4. The molecule has 0 fully saturated rings. The minimum Gasteiger partial charge on any atom is -0.507 e. The molecule has 0 radical (unpaired) electrons. The third-order valence-electron chi connectivity index (χ3n) is 3.35. The SMILES string of the molecule is CC1=NN(c2ccccc2)C(=O)C1=Cc1ccc(O)c(Br)c1. The van der Waals surface area contributed by atoms with Gasteiger partial charge in [0.05, 0.1) is 21.4 Å². The van der Waals surface area contributed by atoms with Gasteiger partial charge in [-0.3, -0.25) is 4.79 Å². The second-order valence-corrected chi connectivity index (χ2v) is 5.76. The van der Waals surface area contributed by atoms with Crippen molar-refractivity contribution in [3.63, 3.8) is 0 Å². The van der Waals surface area contributed by atoms with Gasteiger partial charge >= 0.3 is 0 Å². The van der Waals surface area contributed by atoms with E-state index in [1.54, 1.807) is 24.3 Å². The average Bonchev–Trinajstić information content (AvgIpc) is 2.80. The summed E-state index contributed by atoms with van der Waals surface area (Å²) in [6.45, 7) is 1.81. The maximum Gasteiger partial charge on any atom is 0.280 e. The van der Waals surface area contributed by atoms with Gasteiger partial charge in [-0.05, 0) is 58.8 Å². The molecule has 1 N–H and O–H groups in total. The summed E-state index contributed by atoms with van der Waals surface area (Å²) in [6.07, 6.45) is 1.77. The Morgan fingerprint density at radius 1 is 1.18 bits per heavy atom. The van der Waals surface area contributed by atoms with Gasteiger partial charge in [0.1, 0.15) is 5.75 Å². The molecule has 1 aliphatic rings.